The third-order valence-electron chi connectivity index (χ3n) is 5.21. The Morgan fingerprint density at radius 3 is 2.23 bits per heavy atom. The zero-order valence-electron chi connectivity index (χ0n) is 17.8. The molecule has 1 heterocycles. The second-order valence-corrected chi connectivity index (χ2v) is 9.43. The van der Waals surface area contributed by atoms with Crippen molar-refractivity contribution in [3.63, 3.8) is 0 Å². The lowest BCUT2D eigenvalue weighted by molar-refractivity contribution is -0.122. The van der Waals surface area contributed by atoms with E-state index >= 15 is 0 Å². The van der Waals surface area contributed by atoms with Gasteiger partial charge >= 0.3 is 0 Å². The fraction of sp³-hybridized carbons (Fsp3) is 0.364. The van der Waals surface area contributed by atoms with Crippen molar-refractivity contribution >= 4 is 21.6 Å². The van der Waals surface area contributed by atoms with Crippen molar-refractivity contribution < 1.29 is 18.3 Å². The molecule has 0 aliphatic carbocycles. The summed E-state index contributed by atoms with van der Waals surface area (Å²) in [5, 5.41) is 13.6. The Kier molecular flexibility index (Phi) is 7.42. The van der Waals surface area contributed by atoms with Gasteiger partial charge in [0.05, 0.1) is 17.2 Å². The number of sulfonamides is 1. The number of aromatic hydroxyl groups is 1. The number of hydrazone groups is 1. The third-order valence-corrected chi connectivity index (χ3v) is 7.12. The van der Waals surface area contributed by atoms with Gasteiger partial charge in [0, 0.05) is 26.2 Å². The average Bonchev–Trinajstić information content (AvgIpc) is 2.76. The molecule has 2 aromatic carbocycles. The van der Waals surface area contributed by atoms with Gasteiger partial charge in [-0.1, -0.05) is 24.6 Å². The van der Waals surface area contributed by atoms with Crippen LogP contribution in [0, 0.1) is 6.92 Å². The molecule has 0 saturated carbocycles. The molecule has 3 rings (SSSR count). The van der Waals surface area contributed by atoms with E-state index in [1.807, 2.05) is 18.7 Å². The Morgan fingerprint density at radius 2 is 1.65 bits per heavy atom. The van der Waals surface area contributed by atoms with E-state index < -0.39 is 10.0 Å². The monoisotopic (exact) mass is 444 g/mol. The molecule has 1 aliphatic rings. The maximum atomic E-state index is 12.8. The molecule has 0 radical (unpaired) electrons. The van der Waals surface area contributed by atoms with Crippen LogP contribution in [0.5, 0.6) is 5.75 Å². The van der Waals surface area contributed by atoms with Crippen LogP contribution >= 0.6 is 0 Å². The third kappa shape index (κ3) is 5.90. The number of piperazine rings is 1. The predicted octanol–water partition coefficient (Wildman–Crippen LogP) is 1.94. The standard InChI is InChI=1S/C22H28N4O4S/c1-3-21(18-6-8-19(27)9-7-18)23-24-22(28)16-25-12-14-26(15-13-25)31(29,30)20-10-4-17(2)5-11-20/h4-11,27H,3,12-16H2,1-2H3,(H,24,28)/b23-21-. The van der Waals surface area contributed by atoms with E-state index in [0.717, 1.165) is 11.1 Å². The maximum Gasteiger partial charge on any atom is 0.254 e. The fourth-order valence-electron chi connectivity index (χ4n) is 3.36. The number of carbonyl (C=O) groups excluding carboxylic acids is 1. The minimum absolute atomic E-state index is 0.147. The van der Waals surface area contributed by atoms with E-state index in [-0.39, 0.29) is 18.2 Å². The van der Waals surface area contributed by atoms with Crippen LogP contribution in [0.3, 0.4) is 0 Å². The van der Waals surface area contributed by atoms with Gasteiger partial charge in [-0.05, 0) is 55.3 Å². The average molecular weight is 445 g/mol. The molecule has 8 nitrogen and oxygen atoms in total. The molecule has 0 atom stereocenters. The molecule has 2 N–H and O–H groups in total. The summed E-state index contributed by atoms with van der Waals surface area (Å²) >= 11 is 0. The highest BCUT2D eigenvalue weighted by atomic mass is 32.2. The second-order valence-electron chi connectivity index (χ2n) is 7.49. The second kappa shape index (κ2) is 10.0. The number of nitrogens with zero attached hydrogens (tertiary/aromatic N) is 3. The van der Waals surface area contributed by atoms with Crippen molar-refractivity contribution in [3.8, 4) is 5.75 Å². The smallest absolute Gasteiger partial charge is 0.254 e. The highest BCUT2D eigenvalue weighted by Gasteiger charge is 2.28. The summed E-state index contributed by atoms with van der Waals surface area (Å²) in [5.74, 6) is -0.0775. The van der Waals surface area contributed by atoms with Crippen LogP contribution in [0.4, 0.5) is 0 Å². The number of amides is 1. The molecule has 2 aromatic rings. The van der Waals surface area contributed by atoms with Gasteiger partial charge < -0.3 is 5.11 Å². The van der Waals surface area contributed by atoms with E-state index in [4.69, 9.17) is 0 Å². The Morgan fingerprint density at radius 1 is 1.03 bits per heavy atom. The summed E-state index contributed by atoms with van der Waals surface area (Å²) in [6, 6.07) is 13.5. The maximum absolute atomic E-state index is 12.8. The molecule has 1 amide bonds. The SMILES string of the molecule is CC/C(=N/NC(=O)CN1CCN(S(=O)(=O)c2ccc(C)cc2)CC1)c1ccc(O)cc1. The lowest BCUT2D eigenvalue weighted by Gasteiger charge is -2.33. The van der Waals surface area contributed by atoms with Crippen LogP contribution < -0.4 is 5.43 Å². The molecule has 0 bridgehead atoms. The first-order valence-corrected chi connectivity index (χ1v) is 11.7. The summed E-state index contributed by atoms with van der Waals surface area (Å²) in [4.78, 5) is 14.5. The van der Waals surface area contributed by atoms with E-state index in [1.165, 1.54) is 4.31 Å². The molecule has 0 spiro atoms. The van der Waals surface area contributed by atoms with Crippen LogP contribution in [0.1, 0.15) is 24.5 Å². The summed E-state index contributed by atoms with van der Waals surface area (Å²) in [5.41, 5.74) is 5.13. The highest BCUT2D eigenvalue weighted by molar-refractivity contribution is 7.89. The van der Waals surface area contributed by atoms with Gasteiger partial charge in [-0.25, -0.2) is 13.8 Å². The summed E-state index contributed by atoms with van der Waals surface area (Å²) in [6.07, 6.45) is 0.626. The molecule has 1 fully saturated rings. The summed E-state index contributed by atoms with van der Waals surface area (Å²) < 4.78 is 27.0. The van der Waals surface area contributed by atoms with Crippen molar-refractivity contribution in [1.29, 1.82) is 0 Å². The Bertz CT molecular complexity index is 1030. The number of phenols is 1. The van der Waals surface area contributed by atoms with E-state index in [0.29, 0.717) is 43.2 Å². The minimum atomic E-state index is -3.52. The summed E-state index contributed by atoms with van der Waals surface area (Å²) in [6.45, 7) is 5.61. The van der Waals surface area contributed by atoms with Crippen LogP contribution in [0.2, 0.25) is 0 Å². The van der Waals surface area contributed by atoms with Gasteiger partial charge in [-0.15, -0.1) is 0 Å². The minimum Gasteiger partial charge on any atom is -0.508 e. The van der Waals surface area contributed by atoms with Crippen molar-refractivity contribution in [1.82, 2.24) is 14.6 Å². The van der Waals surface area contributed by atoms with Crippen molar-refractivity contribution in [2.45, 2.75) is 25.2 Å². The van der Waals surface area contributed by atoms with Crippen LogP contribution in [-0.2, 0) is 14.8 Å². The van der Waals surface area contributed by atoms with E-state index in [2.05, 4.69) is 10.5 Å². The van der Waals surface area contributed by atoms with Crippen LogP contribution in [-0.4, -0.2) is 67.1 Å². The molecule has 1 aliphatic heterocycles. The van der Waals surface area contributed by atoms with E-state index in [1.54, 1.807) is 48.5 Å². The number of phenolic OH excluding ortho intramolecular Hbond substituents is 1. The number of hydrogen-bond donors (Lipinski definition) is 2. The highest BCUT2D eigenvalue weighted by Crippen LogP contribution is 2.18. The topological polar surface area (TPSA) is 102 Å². The number of aryl methyl sites for hydroxylation is 1. The van der Waals surface area contributed by atoms with Gasteiger partial charge in [-0.3, -0.25) is 9.69 Å². The first-order valence-electron chi connectivity index (χ1n) is 10.2. The Balaban J connectivity index is 1.52. The predicted molar refractivity (Wildman–Crippen MR) is 119 cm³/mol. The van der Waals surface area contributed by atoms with Crippen molar-refractivity contribution in [3.05, 3.63) is 59.7 Å². The zero-order valence-corrected chi connectivity index (χ0v) is 18.6. The van der Waals surface area contributed by atoms with Gasteiger partial charge in [0.25, 0.3) is 5.91 Å². The number of benzene rings is 2. The molecule has 9 heteroatoms. The first-order chi connectivity index (χ1) is 14.8. The molecule has 0 aromatic heterocycles. The fourth-order valence-corrected chi connectivity index (χ4v) is 4.78. The molecule has 0 unspecified atom stereocenters. The molecular formula is C22H28N4O4S. The lowest BCUT2D eigenvalue weighted by atomic mass is 10.1. The number of hydrogen-bond acceptors (Lipinski definition) is 6. The van der Waals surface area contributed by atoms with Gasteiger partial charge in [0.2, 0.25) is 10.0 Å². The molecular weight excluding hydrogens is 416 g/mol. The van der Waals surface area contributed by atoms with E-state index in [9.17, 15) is 18.3 Å². The molecule has 31 heavy (non-hydrogen) atoms. The first kappa shape index (κ1) is 22.9. The largest absolute Gasteiger partial charge is 0.508 e. The van der Waals surface area contributed by atoms with Gasteiger partial charge in [0.1, 0.15) is 5.75 Å². The quantitative estimate of drug-likeness (QED) is 0.502. The Hall–Kier alpha value is -2.75. The van der Waals surface area contributed by atoms with Crippen LogP contribution in [0.25, 0.3) is 0 Å². The number of carbonyl (C=O) groups is 1. The van der Waals surface area contributed by atoms with Gasteiger partial charge in [0.15, 0.2) is 0 Å². The Labute approximate surface area is 183 Å². The van der Waals surface area contributed by atoms with Gasteiger partial charge in [-0.2, -0.15) is 9.41 Å². The number of nitrogens with one attached hydrogen (secondary N) is 1. The number of rotatable bonds is 7. The lowest BCUT2D eigenvalue weighted by Crippen LogP contribution is -2.50. The normalized spacial score (nSPS) is 16.3. The zero-order chi connectivity index (χ0) is 22.4. The van der Waals surface area contributed by atoms with Crippen LogP contribution in [0.15, 0.2) is 58.5 Å². The van der Waals surface area contributed by atoms with Crippen molar-refractivity contribution in [2.75, 3.05) is 32.7 Å². The molecule has 1 saturated heterocycles. The van der Waals surface area contributed by atoms with Crippen molar-refractivity contribution in [2.24, 2.45) is 5.10 Å². The molecule has 166 valence electrons. The summed E-state index contributed by atoms with van der Waals surface area (Å²) in [7, 11) is -3.52.